The molecular weight excluding hydrogens is 461 g/mol. The largest absolute Gasteiger partial charge is 0.357 e. The van der Waals surface area contributed by atoms with E-state index < -0.39 is 28.5 Å². The van der Waals surface area contributed by atoms with E-state index in [1.165, 1.54) is 43.3 Å². The van der Waals surface area contributed by atoms with E-state index in [1.807, 2.05) is 0 Å². The van der Waals surface area contributed by atoms with Gasteiger partial charge in [-0.05, 0) is 48.4 Å². The minimum absolute atomic E-state index is 0.0230. The Morgan fingerprint density at radius 1 is 1.00 bits per heavy atom. The lowest BCUT2D eigenvalue weighted by Gasteiger charge is -2.31. The Hall–Kier alpha value is -2.13. The van der Waals surface area contributed by atoms with E-state index in [4.69, 9.17) is 23.2 Å². The summed E-state index contributed by atoms with van der Waals surface area (Å²) >= 11 is 11.8. The van der Waals surface area contributed by atoms with Crippen LogP contribution >= 0.6 is 23.2 Å². The second kappa shape index (κ2) is 10.9. The Bertz CT molecular complexity index is 1010. The molecule has 0 aliphatic carbocycles. The molecule has 0 saturated heterocycles. The number of hydrogen-bond acceptors (Lipinski definition) is 4. The van der Waals surface area contributed by atoms with Crippen LogP contribution in [-0.4, -0.2) is 56.1 Å². The highest BCUT2D eigenvalue weighted by Crippen LogP contribution is 2.19. The van der Waals surface area contributed by atoms with Gasteiger partial charge in [-0.2, -0.15) is 4.31 Å². The number of halogens is 2. The van der Waals surface area contributed by atoms with Gasteiger partial charge in [-0.1, -0.05) is 42.3 Å². The predicted octanol–water partition coefficient (Wildman–Crippen LogP) is 3.17. The molecule has 0 bridgehead atoms. The van der Waals surface area contributed by atoms with Crippen molar-refractivity contribution in [3.8, 4) is 0 Å². The summed E-state index contributed by atoms with van der Waals surface area (Å²) in [4.78, 5) is 27.0. The third-order valence-corrected chi connectivity index (χ3v) is 7.10. The van der Waals surface area contributed by atoms with Crippen molar-refractivity contribution in [1.82, 2.24) is 14.5 Å². The van der Waals surface area contributed by atoms with Gasteiger partial charge in [0.2, 0.25) is 21.8 Å². The van der Waals surface area contributed by atoms with Crippen LogP contribution in [0, 0.1) is 0 Å². The van der Waals surface area contributed by atoms with Crippen molar-refractivity contribution >= 4 is 45.0 Å². The molecule has 1 atom stereocenters. The molecule has 2 rings (SSSR count). The Labute approximate surface area is 193 Å². The number of nitrogens with one attached hydrogen (secondary N) is 1. The molecule has 0 aliphatic heterocycles. The SMILES string of the molecule is CCC(C(=O)NC)N(Cc1ccc(Cl)cc1)C(=O)CN(C)S(=O)(=O)c1ccc(Cl)cc1. The number of benzene rings is 2. The number of likely N-dealkylation sites (N-methyl/N-ethyl adjacent to an activating group) is 2. The van der Waals surface area contributed by atoms with Crippen molar-refractivity contribution in [3.63, 3.8) is 0 Å². The zero-order valence-corrected chi connectivity index (χ0v) is 19.8. The Morgan fingerprint density at radius 3 is 2.00 bits per heavy atom. The quantitative estimate of drug-likeness (QED) is 0.590. The van der Waals surface area contributed by atoms with Gasteiger partial charge in [0.1, 0.15) is 6.04 Å². The van der Waals surface area contributed by atoms with E-state index in [-0.39, 0.29) is 17.3 Å². The fourth-order valence-electron chi connectivity index (χ4n) is 3.03. The maximum absolute atomic E-state index is 13.2. The van der Waals surface area contributed by atoms with Crippen LogP contribution < -0.4 is 5.32 Å². The summed E-state index contributed by atoms with van der Waals surface area (Å²) in [6, 6.07) is 11.8. The van der Waals surface area contributed by atoms with Gasteiger partial charge in [0.25, 0.3) is 0 Å². The van der Waals surface area contributed by atoms with Crippen molar-refractivity contribution in [2.45, 2.75) is 30.8 Å². The summed E-state index contributed by atoms with van der Waals surface area (Å²) < 4.78 is 26.7. The first-order valence-corrected chi connectivity index (χ1v) is 11.8. The molecule has 168 valence electrons. The molecular formula is C21H25Cl2N3O4S. The monoisotopic (exact) mass is 485 g/mol. The first-order valence-electron chi connectivity index (χ1n) is 9.57. The van der Waals surface area contributed by atoms with E-state index in [1.54, 1.807) is 31.2 Å². The molecule has 0 spiro atoms. The predicted molar refractivity (Wildman–Crippen MR) is 121 cm³/mol. The Balaban J connectivity index is 2.29. The highest BCUT2D eigenvalue weighted by Gasteiger charge is 2.31. The number of hydrogen-bond donors (Lipinski definition) is 1. The molecule has 1 unspecified atom stereocenters. The molecule has 10 heteroatoms. The van der Waals surface area contributed by atoms with Gasteiger partial charge in [-0.25, -0.2) is 8.42 Å². The summed E-state index contributed by atoms with van der Waals surface area (Å²) in [6.45, 7) is 1.50. The molecule has 0 aliphatic rings. The molecule has 0 heterocycles. The molecule has 1 N–H and O–H groups in total. The number of amides is 2. The van der Waals surface area contributed by atoms with Crippen LogP contribution in [0.1, 0.15) is 18.9 Å². The van der Waals surface area contributed by atoms with Crippen molar-refractivity contribution in [3.05, 3.63) is 64.1 Å². The van der Waals surface area contributed by atoms with E-state index >= 15 is 0 Å². The van der Waals surface area contributed by atoms with Crippen LogP contribution in [-0.2, 0) is 26.2 Å². The maximum atomic E-state index is 13.2. The van der Waals surface area contributed by atoms with Gasteiger partial charge < -0.3 is 10.2 Å². The van der Waals surface area contributed by atoms with E-state index in [0.29, 0.717) is 16.5 Å². The van der Waals surface area contributed by atoms with Crippen LogP contribution in [0.15, 0.2) is 53.4 Å². The number of carbonyl (C=O) groups is 2. The first-order chi connectivity index (χ1) is 14.6. The molecule has 0 saturated carbocycles. The van der Waals surface area contributed by atoms with Gasteiger partial charge >= 0.3 is 0 Å². The van der Waals surface area contributed by atoms with Crippen LogP contribution in [0.2, 0.25) is 10.0 Å². The lowest BCUT2D eigenvalue weighted by molar-refractivity contribution is -0.141. The fourth-order valence-corrected chi connectivity index (χ4v) is 4.40. The van der Waals surface area contributed by atoms with Crippen molar-refractivity contribution in [2.75, 3.05) is 20.6 Å². The Kier molecular flexibility index (Phi) is 8.88. The van der Waals surface area contributed by atoms with Gasteiger partial charge in [0.15, 0.2) is 0 Å². The maximum Gasteiger partial charge on any atom is 0.243 e. The summed E-state index contributed by atoms with van der Waals surface area (Å²) in [5, 5.41) is 3.52. The normalized spacial score (nSPS) is 12.5. The second-order valence-electron chi connectivity index (χ2n) is 6.90. The minimum atomic E-state index is -3.91. The topological polar surface area (TPSA) is 86.8 Å². The molecule has 0 fully saturated rings. The highest BCUT2D eigenvalue weighted by molar-refractivity contribution is 7.89. The molecule has 0 radical (unpaired) electrons. The molecule has 2 amide bonds. The van der Waals surface area contributed by atoms with Crippen LogP contribution in [0.5, 0.6) is 0 Å². The number of sulfonamides is 1. The van der Waals surface area contributed by atoms with Gasteiger partial charge in [-0.15, -0.1) is 0 Å². The van der Waals surface area contributed by atoms with Crippen molar-refractivity contribution in [1.29, 1.82) is 0 Å². The molecule has 2 aromatic rings. The average molecular weight is 486 g/mol. The fraction of sp³-hybridized carbons (Fsp3) is 0.333. The number of rotatable bonds is 9. The lowest BCUT2D eigenvalue weighted by atomic mass is 10.1. The zero-order chi connectivity index (χ0) is 23.2. The third-order valence-electron chi connectivity index (χ3n) is 4.78. The summed E-state index contributed by atoms with van der Waals surface area (Å²) in [5.41, 5.74) is 0.767. The molecule has 2 aromatic carbocycles. The van der Waals surface area contributed by atoms with Crippen LogP contribution in [0.4, 0.5) is 0 Å². The minimum Gasteiger partial charge on any atom is -0.357 e. The van der Waals surface area contributed by atoms with Gasteiger partial charge in [-0.3, -0.25) is 9.59 Å². The van der Waals surface area contributed by atoms with E-state index in [2.05, 4.69) is 5.32 Å². The standard InChI is InChI=1S/C21H25Cl2N3O4S/c1-4-19(21(28)24-2)26(13-15-5-7-16(22)8-6-15)20(27)14-25(3)31(29,30)18-11-9-17(23)10-12-18/h5-12,19H,4,13-14H2,1-3H3,(H,24,28). The molecule has 7 nitrogen and oxygen atoms in total. The average Bonchev–Trinajstić information content (AvgIpc) is 2.74. The zero-order valence-electron chi connectivity index (χ0n) is 17.5. The van der Waals surface area contributed by atoms with Crippen molar-refractivity contribution in [2.24, 2.45) is 0 Å². The summed E-state index contributed by atoms with van der Waals surface area (Å²) in [6.07, 6.45) is 0.368. The third kappa shape index (κ3) is 6.43. The van der Waals surface area contributed by atoms with E-state index in [9.17, 15) is 18.0 Å². The van der Waals surface area contributed by atoms with Crippen LogP contribution in [0.3, 0.4) is 0 Å². The van der Waals surface area contributed by atoms with Crippen molar-refractivity contribution < 1.29 is 18.0 Å². The number of carbonyl (C=O) groups excluding carboxylic acids is 2. The lowest BCUT2D eigenvalue weighted by Crippen LogP contribution is -2.51. The molecule has 0 aromatic heterocycles. The highest BCUT2D eigenvalue weighted by atomic mass is 35.5. The second-order valence-corrected chi connectivity index (χ2v) is 9.82. The summed E-state index contributed by atoms with van der Waals surface area (Å²) in [5.74, 6) is -0.821. The Morgan fingerprint density at radius 2 is 1.52 bits per heavy atom. The van der Waals surface area contributed by atoms with E-state index in [0.717, 1.165) is 9.87 Å². The molecule has 31 heavy (non-hydrogen) atoms. The number of nitrogens with zero attached hydrogens (tertiary/aromatic N) is 2. The van der Waals surface area contributed by atoms with Gasteiger partial charge in [0, 0.05) is 30.7 Å². The summed E-state index contributed by atoms with van der Waals surface area (Å²) in [7, 11) is -1.10. The van der Waals surface area contributed by atoms with Gasteiger partial charge in [0.05, 0.1) is 11.4 Å². The smallest absolute Gasteiger partial charge is 0.243 e. The first kappa shape index (κ1) is 25.1. The van der Waals surface area contributed by atoms with Crippen LogP contribution in [0.25, 0.3) is 0 Å².